The van der Waals surface area contributed by atoms with E-state index in [4.69, 9.17) is 16.3 Å². The van der Waals surface area contributed by atoms with Gasteiger partial charge in [-0.05, 0) is 62.3 Å². The number of fused-ring (bicyclic) bond motifs is 1. The summed E-state index contributed by atoms with van der Waals surface area (Å²) >= 11 is 6.00. The average molecular weight is 445 g/mol. The number of nitrogens with zero attached hydrogens (tertiary/aromatic N) is 2. The number of ether oxygens (including phenoxy) is 1. The molecule has 0 fully saturated rings. The van der Waals surface area contributed by atoms with Crippen molar-refractivity contribution in [2.24, 2.45) is 0 Å². The van der Waals surface area contributed by atoms with Crippen LogP contribution in [0.15, 0.2) is 42.5 Å². The van der Waals surface area contributed by atoms with E-state index in [0.29, 0.717) is 25.9 Å². The predicted molar refractivity (Wildman–Crippen MR) is 125 cm³/mol. The lowest BCUT2D eigenvalue weighted by Crippen LogP contribution is -2.38. The van der Waals surface area contributed by atoms with Gasteiger partial charge in [-0.3, -0.25) is 4.79 Å². The molecule has 0 bridgehead atoms. The van der Waals surface area contributed by atoms with Gasteiger partial charge in [-0.2, -0.15) is 0 Å². The first-order valence-electron chi connectivity index (χ1n) is 10.9. The van der Waals surface area contributed by atoms with Crippen molar-refractivity contribution in [1.82, 2.24) is 9.80 Å². The molecular formula is C25H33ClN2O3. The molecule has 3 rings (SSSR count). The quantitative estimate of drug-likeness (QED) is 0.608. The van der Waals surface area contributed by atoms with Crippen LogP contribution in [0.5, 0.6) is 5.75 Å². The highest BCUT2D eigenvalue weighted by Crippen LogP contribution is 2.37. The minimum atomic E-state index is -0.283. The van der Waals surface area contributed by atoms with Gasteiger partial charge in [0.2, 0.25) is 5.91 Å². The molecule has 31 heavy (non-hydrogen) atoms. The maximum Gasteiger partial charge on any atom is 0.223 e. The van der Waals surface area contributed by atoms with E-state index < -0.39 is 0 Å². The Morgan fingerprint density at radius 2 is 1.81 bits per heavy atom. The van der Waals surface area contributed by atoms with Gasteiger partial charge >= 0.3 is 0 Å². The minimum absolute atomic E-state index is 0.0123. The molecule has 0 spiro atoms. The van der Waals surface area contributed by atoms with Crippen LogP contribution in [0, 0.1) is 0 Å². The highest BCUT2D eigenvalue weighted by molar-refractivity contribution is 6.30. The van der Waals surface area contributed by atoms with E-state index >= 15 is 0 Å². The number of halogens is 1. The van der Waals surface area contributed by atoms with E-state index in [1.54, 1.807) is 4.90 Å². The SMILES string of the molecule is CN(C)CCN(CCO)C(=O)CCc1ccc2c(c1)CC(C)(Cc1ccc(Cl)cc1)O2. The fraction of sp³-hybridized carbons (Fsp3) is 0.480. The van der Waals surface area contributed by atoms with Crippen LogP contribution in [0.3, 0.4) is 0 Å². The molecule has 0 aromatic heterocycles. The van der Waals surface area contributed by atoms with Crippen LogP contribution in [-0.4, -0.2) is 66.8 Å². The van der Waals surface area contributed by atoms with Crippen molar-refractivity contribution in [3.8, 4) is 5.75 Å². The van der Waals surface area contributed by atoms with Gasteiger partial charge in [-0.25, -0.2) is 0 Å². The summed E-state index contributed by atoms with van der Waals surface area (Å²) in [5, 5.41) is 10.0. The molecule has 1 unspecified atom stereocenters. The van der Waals surface area contributed by atoms with Gasteiger partial charge in [0.05, 0.1) is 6.61 Å². The lowest BCUT2D eigenvalue weighted by molar-refractivity contribution is -0.131. The van der Waals surface area contributed by atoms with Gasteiger partial charge in [0.25, 0.3) is 0 Å². The molecule has 2 aromatic rings. The summed E-state index contributed by atoms with van der Waals surface area (Å²) < 4.78 is 6.29. The molecule has 0 saturated carbocycles. The Hall–Kier alpha value is -2.08. The number of likely N-dealkylation sites (N-methyl/N-ethyl adjacent to an activating group) is 1. The highest BCUT2D eigenvalue weighted by atomic mass is 35.5. The van der Waals surface area contributed by atoms with Crippen LogP contribution >= 0.6 is 11.6 Å². The second-order valence-electron chi connectivity index (χ2n) is 8.88. The van der Waals surface area contributed by atoms with Crippen LogP contribution in [0.2, 0.25) is 5.02 Å². The van der Waals surface area contributed by atoms with E-state index in [9.17, 15) is 9.90 Å². The maximum absolute atomic E-state index is 12.6. The Labute approximate surface area is 190 Å². The normalized spacial score (nSPS) is 17.5. The van der Waals surface area contributed by atoms with E-state index in [1.165, 1.54) is 11.1 Å². The van der Waals surface area contributed by atoms with Crippen molar-refractivity contribution in [1.29, 1.82) is 0 Å². The monoisotopic (exact) mass is 444 g/mol. The van der Waals surface area contributed by atoms with Gasteiger partial charge in [0.1, 0.15) is 11.4 Å². The zero-order valence-corrected chi connectivity index (χ0v) is 19.5. The number of aryl methyl sites for hydroxylation is 1. The number of hydrogen-bond acceptors (Lipinski definition) is 4. The van der Waals surface area contributed by atoms with Crippen molar-refractivity contribution >= 4 is 17.5 Å². The summed E-state index contributed by atoms with van der Waals surface area (Å²) in [6.07, 6.45) is 2.78. The largest absolute Gasteiger partial charge is 0.487 e. The third-order valence-corrected chi connectivity index (χ3v) is 5.96. The molecule has 168 valence electrons. The molecule has 1 aliphatic rings. The Morgan fingerprint density at radius 3 is 2.48 bits per heavy atom. The maximum atomic E-state index is 12.6. The molecule has 6 heteroatoms. The van der Waals surface area contributed by atoms with E-state index in [1.807, 2.05) is 49.3 Å². The Balaban J connectivity index is 1.58. The summed E-state index contributed by atoms with van der Waals surface area (Å²) in [6, 6.07) is 14.2. The number of carbonyl (C=O) groups is 1. The summed E-state index contributed by atoms with van der Waals surface area (Å²) in [4.78, 5) is 16.4. The third-order valence-electron chi connectivity index (χ3n) is 5.70. The molecule has 0 saturated heterocycles. The smallest absolute Gasteiger partial charge is 0.223 e. The summed E-state index contributed by atoms with van der Waals surface area (Å²) in [5.74, 6) is 1.01. The topological polar surface area (TPSA) is 53.0 Å². The van der Waals surface area contributed by atoms with Crippen molar-refractivity contribution in [2.75, 3.05) is 40.3 Å². The molecule has 2 aromatic carbocycles. The summed E-state index contributed by atoms with van der Waals surface area (Å²) in [7, 11) is 3.96. The molecule has 1 amide bonds. The van der Waals surface area contributed by atoms with Gasteiger partial charge in [0.15, 0.2) is 0 Å². The standard InChI is InChI=1S/C25H33ClN2O3/c1-25(17-20-4-8-22(26)9-5-20)18-21-16-19(6-10-23(21)31-25)7-11-24(30)28(14-15-29)13-12-27(2)3/h4-6,8-10,16,29H,7,11-15,17-18H2,1-3H3. The minimum Gasteiger partial charge on any atom is -0.487 e. The van der Waals surface area contributed by atoms with Crippen LogP contribution in [0.25, 0.3) is 0 Å². The average Bonchev–Trinajstić information content (AvgIpc) is 3.05. The number of benzene rings is 2. The van der Waals surface area contributed by atoms with E-state index in [2.05, 4.69) is 19.1 Å². The van der Waals surface area contributed by atoms with Crippen LogP contribution < -0.4 is 4.74 Å². The van der Waals surface area contributed by atoms with Crippen LogP contribution in [0.1, 0.15) is 30.0 Å². The molecule has 5 nitrogen and oxygen atoms in total. The number of rotatable bonds is 10. The zero-order valence-electron chi connectivity index (χ0n) is 18.7. The van der Waals surface area contributed by atoms with E-state index in [0.717, 1.165) is 35.7 Å². The molecule has 1 atom stereocenters. The highest BCUT2D eigenvalue weighted by Gasteiger charge is 2.35. The molecule has 1 aliphatic heterocycles. The molecule has 0 radical (unpaired) electrons. The van der Waals surface area contributed by atoms with Crippen LogP contribution in [-0.2, 0) is 24.1 Å². The molecule has 1 N–H and O–H groups in total. The predicted octanol–water partition coefficient (Wildman–Crippen LogP) is 3.59. The van der Waals surface area contributed by atoms with Crippen molar-refractivity contribution in [3.05, 3.63) is 64.2 Å². The first kappa shape index (κ1) is 23.6. The molecular weight excluding hydrogens is 412 g/mol. The lowest BCUT2D eigenvalue weighted by atomic mass is 9.91. The van der Waals surface area contributed by atoms with Gasteiger partial charge in [0, 0.05) is 43.9 Å². The lowest BCUT2D eigenvalue weighted by Gasteiger charge is -2.24. The Morgan fingerprint density at radius 1 is 1.10 bits per heavy atom. The van der Waals surface area contributed by atoms with Crippen molar-refractivity contribution in [2.45, 2.75) is 38.2 Å². The Kier molecular flexibility index (Phi) is 7.98. The van der Waals surface area contributed by atoms with Crippen LogP contribution in [0.4, 0.5) is 0 Å². The molecule has 0 aliphatic carbocycles. The summed E-state index contributed by atoms with van der Waals surface area (Å²) in [6.45, 7) is 3.93. The molecule has 1 heterocycles. The number of hydrogen-bond donors (Lipinski definition) is 1. The van der Waals surface area contributed by atoms with Gasteiger partial charge < -0.3 is 19.6 Å². The Bertz CT molecular complexity index is 885. The van der Waals surface area contributed by atoms with Crippen molar-refractivity contribution < 1.29 is 14.6 Å². The summed E-state index contributed by atoms with van der Waals surface area (Å²) in [5.41, 5.74) is 3.26. The number of carbonyl (C=O) groups excluding carboxylic acids is 1. The fourth-order valence-electron chi connectivity index (χ4n) is 4.08. The van der Waals surface area contributed by atoms with Gasteiger partial charge in [-0.15, -0.1) is 0 Å². The fourth-order valence-corrected chi connectivity index (χ4v) is 4.20. The van der Waals surface area contributed by atoms with E-state index in [-0.39, 0.29) is 18.1 Å². The third kappa shape index (κ3) is 6.70. The number of aliphatic hydroxyl groups excluding tert-OH is 1. The van der Waals surface area contributed by atoms with Crippen molar-refractivity contribution in [3.63, 3.8) is 0 Å². The first-order valence-corrected chi connectivity index (χ1v) is 11.2. The second kappa shape index (κ2) is 10.5. The first-order chi connectivity index (χ1) is 14.8. The number of aliphatic hydroxyl groups is 1. The zero-order chi connectivity index (χ0) is 22.4. The number of amides is 1. The van der Waals surface area contributed by atoms with Gasteiger partial charge in [-0.1, -0.05) is 35.9 Å². The second-order valence-corrected chi connectivity index (χ2v) is 9.32.